The minimum absolute atomic E-state index is 0.0388. The molecule has 0 aliphatic rings. The Morgan fingerprint density at radius 2 is 2.12 bits per heavy atom. The van der Waals surface area contributed by atoms with Crippen LogP contribution in [0.4, 0.5) is 5.69 Å². The molecular formula is C13H17N3O. The Balaban J connectivity index is 2.09. The summed E-state index contributed by atoms with van der Waals surface area (Å²) < 4.78 is 3.76. The highest BCUT2D eigenvalue weighted by atomic mass is 16.1. The number of hydrogen-bond donors (Lipinski definition) is 1. The first-order valence-corrected chi connectivity index (χ1v) is 5.75. The van der Waals surface area contributed by atoms with Crippen LogP contribution in [0, 0.1) is 0 Å². The fourth-order valence-corrected chi connectivity index (χ4v) is 1.76. The highest BCUT2D eigenvalue weighted by Crippen LogP contribution is 2.07. The first-order valence-electron chi connectivity index (χ1n) is 5.75. The van der Waals surface area contributed by atoms with Gasteiger partial charge in [0.15, 0.2) is 0 Å². The zero-order valence-corrected chi connectivity index (χ0v) is 10.2. The molecule has 0 atom stereocenters. The Hall–Kier alpha value is -1.97. The lowest BCUT2D eigenvalue weighted by Crippen LogP contribution is -2.18. The van der Waals surface area contributed by atoms with E-state index in [1.165, 1.54) is 5.69 Å². The quantitative estimate of drug-likeness (QED) is 0.871. The second-order valence-electron chi connectivity index (χ2n) is 4.01. The third-order valence-electron chi connectivity index (χ3n) is 2.85. The van der Waals surface area contributed by atoms with Gasteiger partial charge in [-0.25, -0.2) is 0 Å². The Morgan fingerprint density at radius 1 is 1.29 bits per heavy atom. The molecule has 1 N–H and O–H groups in total. The number of hydrogen-bond acceptors (Lipinski definition) is 2. The van der Waals surface area contributed by atoms with Gasteiger partial charge in [-0.1, -0.05) is 0 Å². The maximum atomic E-state index is 11.4. The van der Waals surface area contributed by atoms with Crippen LogP contribution >= 0.6 is 0 Å². The molecule has 90 valence electrons. The first-order chi connectivity index (χ1) is 8.20. The van der Waals surface area contributed by atoms with Crippen LogP contribution in [-0.2, 0) is 20.1 Å². The summed E-state index contributed by atoms with van der Waals surface area (Å²) in [6.07, 6.45) is 3.87. The first kappa shape index (κ1) is 11.5. The number of aromatic nitrogens is 2. The molecule has 0 aliphatic carbocycles. The Bertz CT molecular complexity index is 554. The summed E-state index contributed by atoms with van der Waals surface area (Å²) >= 11 is 0. The summed E-state index contributed by atoms with van der Waals surface area (Å²) in [5.41, 5.74) is 2.21. The minimum Gasteiger partial charge on any atom is -0.378 e. The van der Waals surface area contributed by atoms with Crippen molar-refractivity contribution in [1.29, 1.82) is 0 Å². The molecule has 4 heteroatoms. The van der Waals surface area contributed by atoms with Gasteiger partial charge in [-0.05, 0) is 25.1 Å². The molecule has 0 aliphatic heterocycles. The third kappa shape index (κ3) is 2.58. The second-order valence-corrected chi connectivity index (χ2v) is 4.01. The van der Waals surface area contributed by atoms with Crippen LogP contribution < -0.4 is 10.9 Å². The average Bonchev–Trinajstić information content (AvgIpc) is 2.74. The summed E-state index contributed by atoms with van der Waals surface area (Å²) in [7, 11) is 2.02. The number of aryl methyl sites for hydroxylation is 2. The maximum absolute atomic E-state index is 11.4. The number of pyridine rings is 1. The van der Waals surface area contributed by atoms with E-state index in [2.05, 4.69) is 16.0 Å². The Kier molecular flexibility index (Phi) is 3.32. The lowest BCUT2D eigenvalue weighted by atomic mass is 10.3. The SMILES string of the molecule is CCn1cc(NCc2cccn2C)ccc1=O. The van der Waals surface area contributed by atoms with Crippen LogP contribution in [0.1, 0.15) is 12.6 Å². The third-order valence-corrected chi connectivity index (χ3v) is 2.85. The van der Waals surface area contributed by atoms with Gasteiger partial charge in [0.1, 0.15) is 0 Å². The van der Waals surface area contributed by atoms with Crippen LogP contribution in [0.15, 0.2) is 41.5 Å². The van der Waals surface area contributed by atoms with Crippen molar-refractivity contribution in [2.45, 2.75) is 20.0 Å². The highest BCUT2D eigenvalue weighted by Gasteiger charge is 1.99. The van der Waals surface area contributed by atoms with Crippen molar-refractivity contribution < 1.29 is 0 Å². The van der Waals surface area contributed by atoms with E-state index in [0.29, 0.717) is 6.54 Å². The lowest BCUT2D eigenvalue weighted by molar-refractivity contribution is 0.727. The van der Waals surface area contributed by atoms with Crippen molar-refractivity contribution in [3.63, 3.8) is 0 Å². The Morgan fingerprint density at radius 3 is 2.76 bits per heavy atom. The zero-order chi connectivity index (χ0) is 12.3. The van der Waals surface area contributed by atoms with Crippen molar-refractivity contribution in [1.82, 2.24) is 9.13 Å². The number of nitrogens with zero attached hydrogens (tertiary/aromatic N) is 2. The fraction of sp³-hybridized carbons (Fsp3) is 0.308. The van der Waals surface area contributed by atoms with Gasteiger partial charge in [-0.15, -0.1) is 0 Å². The molecule has 4 nitrogen and oxygen atoms in total. The normalized spacial score (nSPS) is 10.5. The smallest absolute Gasteiger partial charge is 0.250 e. The van der Waals surface area contributed by atoms with Crippen molar-refractivity contribution in [3.8, 4) is 0 Å². The number of anilines is 1. The molecule has 0 fully saturated rings. The van der Waals surface area contributed by atoms with Gasteiger partial charge in [0.25, 0.3) is 5.56 Å². The topological polar surface area (TPSA) is 39.0 Å². The molecule has 0 spiro atoms. The van der Waals surface area contributed by atoms with Gasteiger partial charge < -0.3 is 14.5 Å². The Labute approximate surface area is 101 Å². The van der Waals surface area contributed by atoms with Crippen molar-refractivity contribution in [2.24, 2.45) is 7.05 Å². The van der Waals surface area contributed by atoms with E-state index in [0.717, 1.165) is 12.2 Å². The number of nitrogens with one attached hydrogen (secondary N) is 1. The molecule has 0 saturated heterocycles. The van der Waals surface area contributed by atoms with E-state index in [9.17, 15) is 4.79 Å². The van der Waals surface area contributed by atoms with Gasteiger partial charge in [-0.3, -0.25) is 4.79 Å². The molecule has 17 heavy (non-hydrogen) atoms. The largest absolute Gasteiger partial charge is 0.378 e. The molecule has 0 radical (unpaired) electrons. The standard InChI is InChI=1S/C13H17N3O/c1-3-16-10-11(6-7-13(16)17)14-9-12-5-4-8-15(12)2/h4-8,10,14H,3,9H2,1-2H3. The van der Waals surface area contributed by atoms with E-state index >= 15 is 0 Å². The van der Waals surface area contributed by atoms with Crippen LogP contribution in [0.5, 0.6) is 0 Å². The molecule has 0 aromatic carbocycles. The molecule has 0 saturated carbocycles. The molecular weight excluding hydrogens is 214 g/mol. The van der Waals surface area contributed by atoms with Gasteiger partial charge in [0.05, 0.1) is 12.2 Å². The summed E-state index contributed by atoms with van der Waals surface area (Å²) in [5, 5.41) is 3.31. The molecule has 2 aromatic heterocycles. The van der Waals surface area contributed by atoms with Crippen molar-refractivity contribution >= 4 is 5.69 Å². The molecule has 0 bridgehead atoms. The predicted molar refractivity (Wildman–Crippen MR) is 69.1 cm³/mol. The van der Waals surface area contributed by atoms with Crippen molar-refractivity contribution in [2.75, 3.05) is 5.32 Å². The lowest BCUT2D eigenvalue weighted by Gasteiger charge is -2.09. The molecule has 2 rings (SSSR count). The van der Waals surface area contributed by atoms with Gasteiger partial charge in [0.2, 0.25) is 0 Å². The van der Waals surface area contributed by atoms with Gasteiger partial charge in [0, 0.05) is 37.7 Å². The molecule has 2 heterocycles. The zero-order valence-electron chi connectivity index (χ0n) is 10.2. The van der Waals surface area contributed by atoms with Gasteiger partial charge in [-0.2, -0.15) is 0 Å². The predicted octanol–water partition coefficient (Wildman–Crippen LogP) is 1.82. The summed E-state index contributed by atoms with van der Waals surface area (Å²) in [6.45, 7) is 3.41. The van der Waals surface area contributed by atoms with Crippen LogP contribution in [0.25, 0.3) is 0 Å². The number of rotatable bonds is 4. The minimum atomic E-state index is 0.0388. The van der Waals surface area contributed by atoms with Crippen LogP contribution in [0.3, 0.4) is 0 Å². The molecule has 2 aromatic rings. The highest BCUT2D eigenvalue weighted by molar-refractivity contribution is 5.40. The average molecular weight is 231 g/mol. The molecule has 0 amide bonds. The maximum Gasteiger partial charge on any atom is 0.250 e. The van der Waals surface area contributed by atoms with E-state index in [-0.39, 0.29) is 5.56 Å². The van der Waals surface area contributed by atoms with Gasteiger partial charge >= 0.3 is 0 Å². The fourth-order valence-electron chi connectivity index (χ4n) is 1.76. The molecule has 0 unspecified atom stereocenters. The van der Waals surface area contributed by atoms with E-state index < -0.39 is 0 Å². The second kappa shape index (κ2) is 4.91. The summed E-state index contributed by atoms with van der Waals surface area (Å²) in [6, 6.07) is 7.50. The monoisotopic (exact) mass is 231 g/mol. The van der Waals surface area contributed by atoms with Crippen molar-refractivity contribution in [3.05, 3.63) is 52.7 Å². The van der Waals surface area contributed by atoms with E-state index in [1.807, 2.05) is 38.5 Å². The van der Waals surface area contributed by atoms with E-state index in [1.54, 1.807) is 10.6 Å². The van der Waals surface area contributed by atoms with Crippen LogP contribution in [0.2, 0.25) is 0 Å². The van der Waals surface area contributed by atoms with E-state index in [4.69, 9.17) is 0 Å². The summed E-state index contributed by atoms with van der Waals surface area (Å²) in [4.78, 5) is 11.4. The summed E-state index contributed by atoms with van der Waals surface area (Å²) in [5.74, 6) is 0. The van der Waals surface area contributed by atoms with Crippen LogP contribution in [-0.4, -0.2) is 9.13 Å².